The van der Waals surface area contributed by atoms with Crippen LogP contribution in [0.5, 0.6) is 0 Å². The van der Waals surface area contributed by atoms with Crippen LogP contribution in [0, 0.1) is 0 Å². The van der Waals surface area contributed by atoms with E-state index in [9.17, 15) is 0 Å². The lowest BCUT2D eigenvalue weighted by molar-refractivity contribution is 1.36. The number of rotatable bonds is 1. The summed E-state index contributed by atoms with van der Waals surface area (Å²) in [6.45, 7) is 0. The average Bonchev–Trinajstić information content (AvgIpc) is 4.00. The second kappa shape index (κ2) is 10.7. The van der Waals surface area contributed by atoms with Crippen molar-refractivity contribution < 1.29 is 0 Å². The monoisotopic (exact) mass is 753 g/mol. The van der Waals surface area contributed by atoms with Crippen LogP contribution in [0.15, 0.2) is 188 Å². The van der Waals surface area contributed by atoms with Crippen molar-refractivity contribution in [2.75, 3.05) is 0 Å². The minimum atomic E-state index is -2.54. The number of nitrogens with zero attached hydrogens (tertiary/aromatic N) is 1. The van der Waals surface area contributed by atoms with Gasteiger partial charge >= 0.3 is 0 Å². The molecule has 5 heterocycles. The summed E-state index contributed by atoms with van der Waals surface area (Å²) in [5.74, 6) is 0. The summed E-state index contributed by atoms with van der Waals surface area (Å²) in [6.07, 6.45) is 0. The SMILES string of the molecule is c1ccc2c(c1)-c1ccccc1[Si]21c2ccccc2-c2ccc(-c3ccc4c(c3)c3cccc5c6ccccc6c6cccc7sc8cccc(c8c76)n4c53)cc21. The Kier molecular flexibility index (Phi) is 5.74. The van der Waals surface area contributed by atoms with Crippen molar-refractivity contribution in [2.24, 2.45) is 0 Å². The lowest BCUT2D eigenvalue weighted by atomic mass is 9.98. The van der Waals surface area contributed by atoms with Gasteiger partial charge in [-0.2, -0.15) is 0 Å². The van der Waals surface area contributed by atoms with Gasteiger partial charge in [0.05, 0.1) is 16.6 Å². The van der Waals surface area contributed by atoms with Crippen molar-refractivity contribution in [1.29, 1.82) is 0 Å². The van der Waals surface area contributed by atoms with Gasteiger partial charge in [0.25, 0.3) is 0 Å². The number of fused-ring (bicyclic) bond motifs is 17. The molecule has 0 unspecified atom stereocenters. The Bertz CT molecular complexity index is 3710. The molecule has 57 heavy (non-hydrogen) atoms. The maximum absolute atomic E-state index is 2.57. The molecule has 0 fully saturated rings. The lowest BCUT2D eigenvalue weighted by Gasteiger charge is -2.28. The largest absolute Gasteiger partial charge is 0.308 e. The molecule has 0 amide bonds. The van der Waals surface area contributed by atoms with E-state index in [1.165, 1.54) is 123 Å². The number of thiophene rings is 1. The van der Waals surface area contributed by atoms with Gasteiger partial charge in [0, 0.05) is 36.3 Å². The molecule has 0 aliphatic carbocycles. The highest BCUT2D eigenvalue weighted by molar-refractivity contribution is 7.26. The van der Waals surface area contributed by atoms with Crippen LogP contribution in [-0.2, 0) is 0 Å². The lowest BCUT2D eigenvalue weighted by Crippen LogP contribution is -2.70. The van der Waals surface area contributed by atoms with Crippen LogP contribution in [0.3, 0.4) is 0 Å². The van der Waals surface area contributed by atoms with Crippen molar-refractivity contribution in [2.45, 2.75) is 0 Å². The van der Waals surface area contributed by atoms with Gasteiger partial charge in [-0.25, -0.2) is 0 Å². The fourth-order valence-corrected chi connectivity index (χ4v) is 18.0. The zero-order chi connectivity index (χ0) is 37.0. The van der Waals surface area contributed by atoms with E-state index in [0.717, 1.165) is 0 Å². The van der Waals surface area contributed by atoms with E-state index >= 15 is 0 Å². The van der Waals surface area contributed by atoms with Crippen LogP contribution in [0.25, 0.3) is 102 Å². The van der Waals surface area contributed by atoms with E-state index < -0.39 is 8.07 Å². The Labute approximate surface area is 333 Å². The minimum absolute atomic E-state index is 1.24. The topological polar surface area (TPSA) is 4.41 Å². The summed E-state index contributed by atoms with van der Waals surface area (Å²) < 4.78 is 5.23. The van der Waals surface area contributed by atoms with Crippen LogP contribution in [0.1, 0.15) is 0 Å². The fourth-order valence-electron chi connectivity index (χ4n) is 11.2. The predicted molar refractivity (Wildman–Crippen MR) is 247 cm³/mol. The predicted octanol–water partition coefficient (Wildman–Crippen LogP) is 11.9. The second-order valence-corrected chi connectivity index (χ2v) is 20.6. The van der Waals surface area contributed by atoms with E-state index in [-0.39, 0.29) is 0 Å². The summed E-state index contributed by atoms with van der Waals surface area (Å²) in [4.78, 5) is 0. The molecule has 0 atom stereocenters. The molecule has 2 aliphatic rings. The van der Waals surface area contributed by atoms with Gasteiger partial charge in [-0.3, -0.25) is 0 Å². The summed E-state index contributed by atoms with van der Waals surface area (Å²) >= 11 is 1.90. The van der Waals surface area contributed by atoms with Gasteiger partial charge in [0.1, 0.15) is 0 Å². The van der Waals surface area contributed by atoms with Crippen LogP contribution in [0.2, 0.25) is 0 Å². The third-order valence-electron chi connectivity index (χ3n) is 13.4. The Hall–Kier alpha value is -6.78. The van der Waals surface area contributed by atoms with Gasteiger partial charge in [-0.05, 0) is 101 Å². The zero-order valence-electron chi connectivity index (χ0n) is 30.8. The van der Waals surface area contributed by atoms with Crippen molar-refractivity contribution in [3.63, 3.8) is 0 Å². The smallest absolute Gasteiger partial charge is 0.182 e. The maximum atomic E-state index is 2.57. The van der Waals surface area contributed by atoms with Crippen molar-refractivity contribution >= 4 is 109 Å². The number of hydrogen-bond donors (Lipinski definition) is 0. The first-order valence-electron chi connectivity index (χ1n) is 19.8. The molecule has 0 saturated carbocycles. The van der Waals surface area contributed by atoms with Crippen LogP contribution >= 0.6 is 11.3 Å². The molecule has 3 heteroatoms. The van der Waals surface area contributed by atoms with Crippen molar-refractivity contribution in [3.8, 4) is 33.4 Å². The molecular weight excluding hydrogens is 723 g/mol. The quantitative estimate of drug-likeness (QED) is 0.147. The van der Waals surface area contributed by atoms with E-state index in [4.69, 9.17) is 0 Å². The maximum Gasteiger partial charge on any atom is 0.182 e. The van der Waals surface area contributed by atoms with Gasteiger partial charge in [0.15, 0.2) is 8.07 Å². The molecule has 0 radical (unpaired) electrons. The summed E-state index contributed by atoms with van der Waals surface area (Å²) in [6, 6.07) is 72.0. The third-order valence-corrected chi connectivity index (χ3v) is 19.4. The molecule has 1 nitrogen and oxygen atoms in total. The molecule has 12 aromatic rings. The van der Waals surface area contributed by atoms with Crippen LogP contribution in [-0.4, -0.2) is 12.5 Å². The number of aromatic nitrogens is 1. The summed E-state index contributed by atoms with van der Waals surface area (Å²) in [7, 11) is -2.54. The first kappa shape index (κ1) is 30.4. The molecule has 0 saturated heterocycles. The second-order valence-electron chi connectivity index (χ2n) is 15.9. The number of para-hydroxylation sites is 1. The number of hydrogen-bond acceptors (Lipinski definition) is 1. The first-order valence-corrected chi connectivity index (χ1v) is 22.7. The minimum Gasteiger partial charge on any atom is -0.308 e. The molecule has 262 valence electrons. The van der Waals surface area contributed by atoms with Gasteiger partial charge in [-0.15, -0.1) is 11.3 Å². The van der Waals surface area contributed by atoms with E-state index in [0.29, 0.717) is 0 Å². The molecular formula is C54H31NSSi. The van der Waals surface area contributed by atoms with Gasteiger partial charge in [0.2, 0.25) is 0 Å². The average molecular weight is 754 g/mol. The highest BCUT2D eigenvalue weighted by atomic mass is 32.1. The summed E-state index contributed by atoms with van der Waals surface area (Å²) in [5, 5.41) is 16.5. The van der Waals surface area contributed by atoms with Crippen LogP contribution < -0.4 is 20.7 Å². The van der Waals surface area contributed by atoms with E-state index in [1.54, 1.807) is 0 Å². The third kappa shape index (κ3) is 3.66. The Morgan fingerprint density at radius 2 is 0.842 bits per heavy atom. The zero-order valence-corrected chi connectivity index (χ0v) is 32.6. The Morgan fingerprint density at radius 1 is 0.333 bits per heavy atom. The highest BCUT2D eigenvalue weighted by Crippen LogP contribution is 2.45. The normalized spacial score (nSPS) is 13.8. The summed E-state index contributed by atoms with van der Waals surface area (Å²) in [5.41, 5.74) is 11.9. The van der Waals surface area contributed by atoms with Crippen LogP contribution in [0.4, 0.5) is 0 Å². The van der Waals surface area contributed by atoms with E-state index in [2.05, 4.69) is 192 Å². The molecule has 1 spiro atoms. The van der Waals surface area contributed by atoms with Crippen molar-refractivity contribution in [1.82, 2.24) is 4.40 Å². The molecule has 2 aliphatic heterocycles. The van der Waals surface area contributed by atoms with E-state index in [1.807, 2.05) is 11.3 Å². The fraction of sp³-hybridized carbons (Fsp3) is 0. The molecule has 3 aromatic heterocycles. The molecule has 9 aromatic carbocycles. The molecule has 14 rings (SSSR count). The number of benzene rings is 9. The highest BCUT2D eigenvalue weighted by Gasteiger charge is 2.53. The standard InChI is InChI=1S/C54H31NSSi/c1-2-13-35-34(12-1)40-17-10-21-46-52(40)53-45(20-11-22-47(53)56-46)55-44-29-27-32(30-43(44)42-19-9-18-41(35)54(42)55)33-26-28-39-38-16-5-8-25-50(38)57(51(39)31-33)48-23-6-3-14-36(48)37-15-4-7-24-49(37)57/h1-31H. The Balaban J connectivity index is 1.09. The Morgan fingerprint density at radius 3 is 1.56 bits per heavy atom. The molecule has 0 N–H and O–H groups in total. The first-order chi connectivity index (χ1) is 28.3. The van der Waals surface area contributed by atoms with Crippen molar-refractivity contribution in [3.05, 3.63) is 188 Å². The van der Waals surface area contributed by atoms with Gasteiger partial charge in [-0.1, -0.05) is 158 Å². The van der Waals surface area contributed by atoms with Gasteiger partial charge < -0.3 is 4.40 Å². The molecule has 0 bridgehead atoms.